The molecular formula is C15H21FN2O2. The molecule has 1 aromatic carbocycles. The number of hydrogen-bond acceptors (Lipinski definition) is 3. The topological polar surface area (TPSA) is 69.2 Å². The van der Waals surface area contributed by atoms with Crippen LogP contribution in [0.25, 0.3) is 0 Å². The zero-order chi connectivity index (χ0) is 14.8. The minimum absolute atomic E-state index is 0.000765. The summed E-state index contributed by atoms with van der Waals surface area (Å²) in [4.78, 5) is 10.6. The molecule has 2 N–H and O–H groups in total. The molecule has 0 spiro atoms. The molecule has 1 aromatic rings. The van der Waals surface area contributed by atoms with Gasteiger partial charge in [-0.1, -0.05) is 13.3 Å². The van der Waals surface area contributed by atoms with Crippen LogP contribution in [0.4, 0.5) is 10.1 Å². The molecule has 4 nitrogen and oxygen atoms in total. The monoisotopic (exact) mass is 280 g/mol. The van der Waals surface area contributed by atoms with Crippen LogP contribution in [0.2, 0.25) is 0 Å². The maximum atomic E-state index is 13.4. The fraction of sp³-hybridized carbons (Fsp3) is 0.600. The van der Waals surface area contributed by atoms with Crippen LogP contribution in [0.3, 0.4) is 0 Å². The van der Waals surface area contributed by atoms with Gasteiger partial charge in [-0.05, 0) is 55.7 Å². The van der Waals surface area contributed by atoms with Crippen molar-refractivity contribution in [2.45, 2.75) is 39.0 Å². The highest BCUT2D eigenvalue weighted by Crippen LogP contribution is 2.45. The van der Waals surface area contributed by atoms with E-state index >= 15 is 0 Å². The smallest absolute Gasteiger partial charge is 0.272 e. The Balaban J connectivity index is 2.28. The third-order valence-corrected chi connectivity index (χ3v) is 4.62. The summed E-state index contributed by atoms with van der Waals surface area (Å²) < 4.78 is 13.4. The molecule has 110 valence electrons. The molecule has 0 radical (unpaired) electrons. The van der Waals surface area contributed by atoms with E-state index in [1.807, 2.05) is 0 Å². The third-order valence-electron chi connectivity index (χ3n) is 4.62. The van der Waals surface area contributed by atoms with Crippen LogP contribution in [-0.4, -0.2) is 11.5 Å². The van der Waals surface area contributed by atoms with E-state index in [9.17, 15) is 14.5 Å². The van der Waals surface area contributed by atoms with Crippen LogP contribution in [0.5, 0.6) is 0 Å². The van der Waals surface area contributed by atoms with Crippen LogP contribution in [0.1, 0.15) is 38.2 Å². The summed E-state index contributed by atoms with van der Waals surface area (Å²) in [5.41, 5.74) is 6.29. The lowest BCUT2D eigenvalue weighted by molar-refractivity contribution is -0.385. The van der Waals surface area contributed by atoms with Crippen molar-refractivity contribution in [2.75, 3.05) is 6.54 Å². The summed E-state index contributed by atoms with van der Waals surface area (Å²) in [5, 5.41) is 11.1. The fourth-order valence-corrected chi connectivity index (χ4v) is 3.37. The number of nitro benzene ring substituents is 1. The van der Waals surface area contributed by atoms with E-state index in [-0.39, 0.29) is 11.1 Å². The molecule has 20 heavy (non-hydrogen) atoms. The van der Waals surface area contributed by atoms with Crippen LogP contribution in [0, 0.1) is 27.3 Å². The summed E-state index contributed by atoms with van der Waals surface area (Å²) in [5.74, 6) is 0.203. The van der Waals surface area contributed by atoms with Crippen LogP contribution >= 0.6 is 0 Å². The summed E-state index contributed by atoms with van der Waals surface area (Å²) >= 11 is 0. The zero-order valence-electron chi connectivity index (χ0n) is 11.8. The first-order valence-electron chi connectivity index (χ1n) is 7.12. The summed E-state index contributed by atoms with van der Waals surface area (Å²) in [6.07, 6.45) is 4.65. The lowest BCUT2D eigenvalue weighted by atomic mass is 9.79. The van der Waals surface area contributed by atoms with E-state index in [4.69, 9.17) is 5.73 Å². The Morgan fingerprint density at radius 3 is 2.85 bits per heavy atom. The quantitative estimate of drug-likeness (QED) is 0.663. The van der Waals surface area contributed by atoms with Gasteiger partial charge in [-0.3, -0.25) is 10.1 Å². The van der Waals surface area contributed by atoms with E-state index in [2.05, 4.69) is 6.92 Å². The largest absolute Gasteiger partial charge is 0.330 e. The Morgan fingerprint density at radius 2 is 2.30 bits per heavy atom. The Hall–Kier alpha value is -1.49. The number of rotatable bonds is 5. The van der Waals surface area contributed by atoms with Gasteiger partial charge in [-0.15, -0.1) is 0 Å². The Morgan fingerprint density at radius 1 is 1.55 bits per heavy atom. The maximum Gasteiger partial charge on any atom is 0.272 e. The van der Waals surface area contributed by atoms with Gasteiger partial charge >= 0.3 is 0 Å². The molecule has 0 aliphatic heterocycles. The number of nitrogens with two attached hydrogens (primary N) is 1. The third kappa shape index (κ3) is 2.98. The highest BCUT2D eigenvalue weighted by molar-refractivity contribution is 5.41. The van der Waals surface area contributed by atoms with Gasteiger partial charge in [-0.25, -0.2) is 4.39 Å². The van der Waals surface area contributed by atoms with Gasteiger partial charge in [-0.2, -0.15) is 0 Å². The number of benzene rings is 1. The molecule has 2 unspecified atom stereocenters. The van der Waals surface area contributed by atoms with Gasteiger partial charge in [0.05, 0.1) is 4.92 Å². The number of hydrogen-bond donors (Lipinski definition) is 1. The van der Waals surface area contributed by atoms with Crippen molar-refractivity contribution in [2.24, 2.45) is 17.1 Å². The lowest BCUT2D eigenvalue weighted by Crippen LogP contribution is -2.30. The summed E-state index contributed by atoms with van der Waals surface area (Å²) in [6.45, 7) is 2.65. The minimum Gasteiger partial charge on any atom is -0.330 e. The SMILES string of the molecule is CCC1CCC(CN)(Cc2cc(F)ccc2[N+](=O)[O-])C1. The Kier molecular flexibility index (Phi) is 4.38. The average molecular weight is 280 g/mol. The van der Waals surface area contributed by atoms with Crippen molar-refractivity contribution >= 4 is 5.69 Å². The van der Waals surface area contributed by atoms with Crippen LogP contribution in [0.15, 0.2) is 18.2 Å². The Labute approximate surface area is 118 Å². The first-order valence-corrected chi connectivity index (χ1v) is 7.12. The Bertz CT molecular complexity index is 507. The van der Waals surface area contributed by atoms with E-state index in [1.54, 1.807) is 0 Å². The van der Waals surface area contributed by atoms with Crippen molar-refractivity contribution in [1.82, 2.24) is 0 Å². The van der Waals surface area contributed by atoms with E-state index < -0.39 is 10.7 Å². The minimum atomic E-state index is -0.439. The molecule has 0 aromatic heterocycles. The first kappa shape index (κ1) is 14.9. The second kappa shape index (κ2) is 5.87. The van der Waals surface area contributed by atoms with E-state index in [1.165, 1.54) is 12.1 Å². The van der Waals surface area contributed by atoms with Gasteiger partial charge < -0.3 is 5.73 Å². The van der Waals surface area contributed by atoms with Crippen LogP contribution in [-0.2, 0) is 6.42 Å². The molecule has 0 heterocycles. The van der Waals surface area contributed by atoms with Gasteiger partial charge in [0.1, 0.15) is 5.82 Å². The molecule has 5 heteroatoms. The molecule has 2 atom stereocenters. The average Bonchev–Trinajstić information content (AvgIpc) is 2.82. The van der Waals surface area contributed by atoms with Gasteiger partial charge in [0, 0.05) is 11.6 Å². The lowest BCUT2D eigenvalue weighted by Gasteiger charge is -2.27. The van der Waals surface area contributed by atoms with Crippen molar-refractivity contribution < 1.29 is 9.31 Å². The number of halogens is 1. The molecule has 2 rings (SSSR count). The predicted molar refractivity (Wildman–Crippen MR) is 75.9 cm³/mol. The second-order valence-electron chi connectivity index (χ2n) is 5.93. The first-order chi connectivity index (χ1) is 9.49. The molecule has 0 saturated heterocycles. The van der Waals surface area contributed by atoms with E-state index in [0.717, 1.165) is 31.7 Å². The zero-order valence-corrected chi connectivity index (χ0v) is 11.8. The number of nitrogens with zero attached hydrogens (tertiary/aromatic N) is 1. The highest BCUT2D eigenvalue weighted by atomic mass is 19.1. The van der Waals surface area contributed by atoms with E-state index in [0.29, 0.717) is 24.4 Å². The van der Waals surface area contributed by atoms with Crippen LogP contribution < -0.4 is 5.73 Å². The molecular weight excluding hydrogens is 259 g/mol. The van der Waals surface area contributed by atoms with Gasteiger partial charge in [0.15, 0.2) is 0 Å². The summed E-state index contributed by atoms with van der Waals surface area (Å²) in [7, 11) is 0. The van der Waals surface area contributed by atoms with Gasteiger partial charge in [0.25, 0.3) is 5.69 Å². The molecule has 1 saturated carbocycles. The predicted octanol–water partition coefficient (Wildman–Crippen LogP) is 3.43. The maximum absolute atomic E-state index is 13.4. The standard InChI is InChI=1S/C15H21FN2O2/c1-2-11-5-6-15(8-11,10-17)9-12-7-13(16)3-4-14(12)18(19)20/h3-4,7,11H,2,5-6,8-10,17H2,1H3. The van der Waals surface area contributed by atoms with Crippen molar-refractivity contribution in [3.8, 4) is 0 Å². The van der Waals surface area contributed by atoms with Crippen molar-refractivity contribution in [1.29, 1.82) is 0 Å². The molecule has 0 bridgehead atoms. The molecule has 1 aliphatic carbocycles. The molecule has 0 amide bonds. The molecule has 1 fully saturated rings. The van der Waals surface area contributed by atoms with Crippen molar-refractivity contribution in [3.05, 3.63) is 39.7 Å². The van der Waals surface area contributed by atoms with Gasteiger partial charge in [0.2, 0.25) is 0 Å². The molecule has 1 aliphatic rings. The normalized spacial score (nSPS) is 25.9. The van der Waals surface area contributed by atoms with Crippen molar-refractivity contribution in [3.63, 3.8) is 0 Å². The number of nitro groups is 1. The second-order valence-corrected chi connectivity index (χ2v) is 5.93. The fourth-order valence-electron chi connectivity index (χ4n) is 3.37. The highest BCUT2D eigenvalue weighted by Gasteiger charge is 2.38. The summed E-state index contributed by atoms with van der Waals surface area (Å²) in [6, 6.07) is 3.68.